The van der Waals surface area contributed by atoms with Gasteiger partial charge in [0.15, 0.2) is 0 Å². The number of hydrogen-bond donors (Lipinski definition) is 1. The smallest absolute Gasteiger partial charge is 0.225 e. The van der Waals surface area contributed by atoms with Gasteiger partial charge in [-0.1, -0.05) is 60.7 Å². The second-order valence-corrected chi connectivity index (χ2v) is 4.20. The number of nitriles is 1. The van der Waals surface area contributed by atoms with Crippen molar-refractivity contribution in [2.24, 2.45) is 0 Å². The Labute approximate surface area is 112 Å². The molecule has 1 N–H and O–H groups in total. The van der Waals surface area contributed by atoms with Crippen LogP contribution in [0.4, 0.5) is 0 Å². The van der Waals surface area contributed by atoms with Crippen LogP contribution in [0.25, 0.3) is 0 Å². The lowest BCUT2D eigenvalue weighted by molar-refractivity contribution is -0.120. The van der Waals surface area contributed by atoms with Crippen molar-refractivity contribution in [1.82, 2.24) is 5.32 Å². The van der Waals surface area contributed by atoms with Gasteiger partial charge in [0.05, 0.1) is 12.5 Å². The third-order valence-electron chi connectivity index (χ3n) is 2.77. The first-order chi connectivity index (χ1) is 9.29. The van der Waals surface area contributed by atoms with Crippen LogP contribution in [0.15, 0.2) is 60.7 Å². The zero-order valence-electron chi connectivity index (χ0n) is 10.4. The van der Waals surface area contributed by atoms with E-state index in [0.29, 0.717) is 0 Å². The van der Waals surface area contributed by atoms with Crippen LogP contribution in [0.2, 0.25) is 0 Å². The van der Waals surface area contributed by atoms with E-state index in [1.807, 2.05) is 60.7 Å². The average molecular weight is 250 g/mol. The highest BCUT2D eigenvalue weighted by molar-refractivity contribution is 5.79. The molecular weight excluding hydrogens is 236 g/mol. The molecule has 0 aromatic heterocycles. The second kappa shape index (κ2) is 6.36. The molecular formula is C16H14N2O. The topological polar surface area (TPSA) is 52.9 Å². The molecule has 94 valence electrons. The van der Waals surface area contributed by atoms with Crippen LogP contribution in [0.3, 0.4) is 0 Å². The second-order valence-electron chi connectivity index (χ2n) is 4.20. The first-order valence-corrected chi connectivity index (χ1v) is 6.07. The highest BCUT2D eigenvalue weighted by Gasteiger charge is 2.13. The van der Waals surface area contributed by atoms with Gasteiger partial charge in [-0.2, -0.15) is 5.26 Å². The van der Waals surface area contributed by atoms with Crippen molar-refractivity contribution in [2.45, 2.75) is 12.5 Å². The van der Waals surface area contributed by atoms with Crippen molar-refractivity contribution in [3.8, 4) is 6.07 Å². The Balaban J connectivity index is 2.00. The normalized spacial score (nSPS) is 11.3. The fourth-order valence-electron chi connectivity index (χ4n) is 1.83. The highest BCUT2D eigenvalue weighted by atomic mass is 16.1. The third-order valence-corrected chi connectivity index (χ3v) is 2.77. The molecule has 1 unspecified atom stereocenters. The van der Waals surface area contributed by atoms with Crippen molar-refractivity contribution in [3.05, 3.63) is 71.8 Å². The van der Waals surface area contributed by atoms with Crippen LogP contribution in [0.1, 0.15) is 17.2 Å². The molecule has 0 bridgehead atoms. The summed E-state index contributed by atoms with van der Waals surface area (Å²) in [6.07, 6.45) is 0.284. The third kappa shape index (κ3) is 3.68. The molecule has 0 aliphatic rings. The molecule has 1 amide bonds. The van der Waals surface area contributed by atoms with Gasteiger partial charge in [-0.05, 0) is 11.1 Å². The number of nitrogens with zero attached hydrogens (tertiary/aromatic N) is 1. The molecule has 3 nitrogen and oxygen atoms in total. The van der Waals surface area contributed by atoms with Crippen molar-refractivity contribution < 1.29 is 4.79 Å². The van der Waals surface area contributed by atoms with Gasteiger partial charge >= 0.3 is 0 Å². The molecule has 3 heteroatoms. The van der Waals surface area contributed by atoms with E-state index in [9.17, 15) is 4.79 Å². The molecule has 2 aromatic carbocycles. The van der Waals surface area contributed by atoms with Crippen molar-refractivity contribution in [2.75, 3.05) is 0 Å². The molecule has 0 aliphatic carbocycles. The standard InChI is InChI=1S/C16H14N2O/c17-12-15(14-9-5-2-6-10-14)18-16(19)11-13-7-3-1-4-8-13/h1-10,15H,11H2,(H,18,19). The Morgan fingerprint density at radius 3 is 2.21 bits per heavy atom. The number of benzene rings is 2. The lowest BCUT2D eigenvalue weighted by Gasteiger charge is -2.11. The van der Waals surface area contributed by atoms with E-state index in [1.165, 1.54) is 0 Å². The summed E-state index contributed by atoms with van der Waals surface area (Å²) < 4.78 is 0. The van der Waals surface area contributed by atoms with Gasteiger partial charge in [0.2, 0.25) is 5.91 Å². The zero-order chi connectivity index (χ0) is 13.5. The van der Waals surface area contributed by atoms with E-state index in [1.54, 1.807) is 0 Å². The number of carbonyl (C=O) groups excluding carboxylic acids is 1. The van der Waals surface area contributed by atoms with E-state index in [-0.39, 0.29) is 12.3 Å². The van der Waals surface area contributed by atoms with Gasteiger partial charge in [-0.3, -0.25) is 4.79 Å². The Morgan fingerprint density at radius 2 is 1.63 bits per heavy atom. The molecule has 1 atom stereocenters. The zero-order valence-corrected chi connectivity index (χ0v) is 10.4. The lowest BCUT2D eigenvalue weighted by atomic mass is 10.1. The minimum absolute atomic E-state index is 0.151. The van der Waals surface area contributed by atoms with Gasteiger partial charge in [0.25, 0.3) is 0 Å². The summed E-state index contributed by atoms with van der Waals surface area (Å²) in [5.74, 6) is -0.151. The number of carbonyl (C=O) groups is 1. The molecule has 0 heterocycles. The summed E-state index contributed by atoms with van der Waals surface area (Å²) in [5.41, 5.74) is 1.73. The van der Waals surface area contributed by atoms with Gasteiger partial charge < -0.3 is 5.32 Å². The summed E-state index contributed by atoms with van der Waals surface area (Å²) in [6, 6.07) is 20.2. The molecule has 0 fully saturated rings. The Kier molecular flexibility index (Phi) is 4.30. The predicted octanol–water partition coefficient (Wildman–Crippen LogP) is 2.61. The van der Waals surface area contributed by atoms with Gasteiger partial charge in [0.1, 0.15) is 6.04 Å². The quantitative estimate of drug-likeness (QED) is 0.906. The van der Waals surface area contributed by atoms with E-state index in [4.69, 9.17) is 5.26 Å². The van der Waals surface area contributed by atoms with E-state index >= 15 is 0 Å². The monoisotopic (exact) mass is 250 g/mol. The van der Waals surface area contributed by atoms with Crippen LogP contribution in [0, 0.1) is 11.3 Å². The molecule has 0 radical (unpaired) electrons. The molecule has 2 rings (SSSR count). The van der Waals surface area contributed by atoms with Crippen molar-refractivity contribution in [1.29, 1.82) is 5.26 Å². The number of amides is 1. The molecule has 2 aromatic rings. The minimum atomic E-state index is -0.600. The first-order valence-electron chi connectivity index (χ1n) is 6.07. The first kappa shape index (κ1) is 12.8. The van der Waals surface area contributed by atoms with Crippen molar-refractivity contribution >= 4 is 5.91 Å². The summed E-state index contributed by atoms with van der Waals surface area (Å²) in [5, 5.41) is 11.9. The number of nitrogens with one attached hydrogen (secondary N) is 1. The number of hydrogen-bond acceptors (Lipinski definition) is 2. The summed E-state index contributed by atoms with van der Waals surface area (Å²) in [6.45, 7) is 0. The molecule has 0 saturated heterocycles. The Hall–Kier alpha value is -2.60. The summed E-state index contributed by atoms with van der Waals surface area (Å²) >= 11 is 0. The SMILES string of the molecule is N#CC(NC(=O)Cc1ccccc1)c1ccccc1. The predicted molar refractivity (Wildman–Crippen MR) is 73.1 cm³/mol. The summed E-state index contributed by atoms with van der Waals surface area (Å²) in [4.78, 5) is 11.9. The van der Waals surface area contributed by atoms with E-state index in [0.717, 1.165) is 11.1 Å². The van der Waals surface area contributed by atoms with Crippen LogP contribution in [-0.2, 0) is 11.2 Å². The van der Waals surface area contributed by atoms with Crippen LogP contribution in [0.5, 0.6) is 0 Å². The van der Waals surface area contributed by atoms with Crippen molar-refractivity contribution in [3.63, 3.8) is 0 Å². The Bertz CT molecular complexity index is 573. The van der Waals surface area contributed by atoms with Crippen LogP contribution >= 0.6 is 0 Å². The molecule has 0 aliphatic heterocycles. The lowest BCUT2D eigenvalue weighted by Crippen LogP contribution is -2.28. The van der Waals surface area contributed by atoms with E-state index < -0.39 is 6.04 Å². The Morgan fingerprint density at radius 1 is 1.05 bits per heavy atom. The fraction of sp³-hybridized carbons (Fsp3) is 0.125. The maximum absolute atomic E-state index is 11.9. The highest BCUT2D eigenvalue weighted by Crippen LogP contribution is 2.11. The average Bonchev–Trinajstić information content (AvgIpc) is 2.47. The van der Waals surface area contributed by atoms with Crippen LogP contribution in [-0.4, -0.2) is 5.91 Å². The maximum atomic E-state index is 11.9. The van der Waals surface area contributed by atoms with Gasteiger partial charge in [0, 0.05) is 0 Å². The largest absolute Gasteiger partial charge is 0.336 e. The molecule has 19 heavy (non-hydrogen) atoms. The number of rotatable bonds is 4. The van der Waals surface area contributed by atoms with E-state index in [2.05, 4.69) is 11.4 Å². The van der Waals surface area contributed by atoms with Crippen LogP contribution < -0.4 is 5.32 Å². The molecule has 0 spiro atoms. The van der Waals surface area contributed by atoms with Gasteiger partial charge in [-0.15, -0.1) is 0 Å². The summed E-state index contributed by atoms with van der Waals surface area (Å²) in [7, 11) is 0. The van der Waals surface area contributed by atoms with Gasteiger partial charge in [-0.25, -0.2) is 0 Å². The minimum Gasteiger partial charge on any atom is -0.336 e. The maximum Gasteiger partial charge on any atom is 0.225 e. The fourth-order valence-corrected chi connectivity index (χ4v) is 1.83. The molecule has 0 saturated carbocycles.